The molecular formula is C49H54N4O9S. The molecule has 6 aliphatic rings. The summed E-state index contributed by atoms with van der Waals surface area (Å²) in [6.07, 6.45) is -0.254. The van der Waals surface area contributed by atoms with Gasteiger partial charge in [-0.25, -0.2) is 9.59 Å². The first-order chi connectivity index (χ1) is 30.1. The number of nitrogens with one attached hydrogen (secondary N) is 1. The number of hydrogen-bond donors (Lipinski definition) is 2. The summed E-state index contributed by atoms with van der Waals surface area (Å²) < 4.78 is 29.7. The first-order valence-electron chi connectivity index (χ1n) is 21.5. The predicted octanol–water partition coefficient (Wildman–Crippen LogP) is 6.39. The maximum absolute atomic E-state index is 14.5. The van der Waals surface area contributed by atoms with Gasteiger partial charge in [0, 0.05) is 47.1 Å². The van der Waals surface area contributed by atoms with Gasteiger partial charge in [-0.3, -0.25) is 14.6 Å². The maximum Gasteiger partial charge on any atom is 0.408 e. The minimum Gasteiger partial charge on any atom is -0.496 e. The van der Waals surface area contributed by atoms with Gasteiger partial charge in [0.25, 0.3) is 0 Å². The molecule has 2 N–H and O–H groups in total. The molecule has 9 rings (SSSR count). The lowest BCUT2D eigenvalue weighted by Gasteiger charge is -2.62. The summed E-state index contributed by atoms with van der Waals surface area (Å²) in [5, 5.41) is 26.8. The van der Waals surface area contributed by atoms with Gasteiger partial charge in [-0.2, -0.15) is 17.0 Å². The Hall–Kier alpha value is -5.33. The number of carbonyl (C=O) groups excluding carboxylic acids is 3. The lowest BCUT2D eigenvalue weighted by Crippen LogP contribution is -2.74. The van der Waals surface area contributed by atoms with Gasteiger partial charge in [-0.05, 0) is 99.5 Å². The number of ketones is 1. The summed E-state index contributed by atoms with van der Waals surface area (Å²) in [5.41, 5.74) is 6.40. The molecule has 63 heavy (non-hydrogen) atoms. The minimum absolute atomic E-state index is 0.0506. The molecule has 14 heteroatoms. The van der Waals surface area contributed by atoms with Crippen molar-refractivity contribution in [3.63, 3.8) is 0 Å². The quantitative estimate of drug-likeness (QED) is 0.228. The number of methoxy groups -OCH3 is 1. The molecule has 2 unspecified atom stereocenters. The van der Waals surface area contributed by atoms with Gasteiger partial charge in [-0.15, -0.1) is 0 Å². The van der Waals surface area contributed by atoms with E-state index in [0.29, 0.717) is 12.2 Å². The summed E-state index contributed by atoms with van der Waals surface area (Å²) in [6, 6.07) is 17.3. The molecule has 3 aromatic carbocycles. The number of piperidine rings is 1. The highest BCUT2D eigenvalue weighted by Crippen LogP contribution is 2.55. The van der Waals surface area contributed by atoms with Crippen LogP contribution in [0.4, 0.5) is 4.79 Å². The molecule has 330 valence electrons. The van der Waals surface area contributed by atoms with Gasteiger partial charge in [0.1, 0.15) is 30.0 Å². The number of amides is 1. The van der Waals surface area contributed by atoms with E-state index in [1.807, 2.05) is 50.1 Å². The summed E-state index contributed by atoms with van der Waals surface area (Å²) in [6.45, 7) is 10.4. The van der Waals surface area contributed by atoms with Crippen LogP contribution in [-0.2, 0) is 35.0 Å². The third-order valence-electron chi connectivity index (χ3n) is 13.7. The fourth-order valence-electron chi connectivity index (χ4n) is 11.3. The molecule has 4 heterocycles. The number of carbonyl (C=O) groups is 3. The molecule has 0 spiro atoms. The summed E-state index contributed by atoms with van der Waals surface area (Å²) >= 11 is 1.52. The molecule has 0 aromatic heterocycles. The molecule has 3 saturated heterocycles. The van der Waals surface area contributed by atoms with Gasteiger partial charge >= 0.3 is 12.1 Å². The first kappa shape index (κ1) is 42.9. The maximum atomic E-state index is 14.5. The zero-order valence-electron chi connectivity index (χ0n) is 36.9. The summed E-state index contributed by atoms with van der Waals surface area (Å²) in [7, 11) is 3.64. The van der Waals surface area contributed by atoms with Crippen LogP contribution in [0, 0.1) is 25.2 Å². The van der Waals surface area contributed by atoms with Gasteiger partial charge < -0.3 is 34.1 Å². The van der Waals surface area contributed by atoms with Crippen molar-refractivity contribution in [3.05, 3.63) is 111 Å². The molecule has 1 amide bonds. The smallest absolute Gasteiger partial charge is 0.408 e. The number of alkyl carbamates (subject to hydrolysis) is 1. The Morgan fingerprint density at radius 1 is 1.05 bits per heavy atom. The number of piperazine rings is 1. The Kier molecular flexibility index (Phi) is 10.9. The van der Waals surface area contributed by atoms with Crippen LogP contribution in [0.15, 0.2) is 77.3 Å². The van der Waals surface area contributed by atoms with Gasteiger partial charge in [0.2, 0.25) is 6.79 Å². The third kappa shape index (κ3) is 6.99. The highest BCUT2D eigenvalue weighted by Gasteiger charge is 2.64. The van der Waals surface area contributed by atoms with Crippen LogP contribution in [0.25, 0.3) is 11.1 Å². The Morgan fingerprint density at radius 2 is 1.71 bits per heavy atom. The van der Waals surface area contributed by atoms with Crippen LogP contribution in [-0.4, -0.2) is 113 Å². The van der Waals surface area contributed by atoms with E-state index >= 15 is 0 Å². The molecule has 13 nitrogen and oxygen atoms in total. The highest BCUT2D eigenvalue weighted by atomic mass is 32.2. The number of nitrogens with zero attached hydrogens (tertiary/aromatic N) is 3. The molecule has 3 aromatic rings. The Balaban J connectivity index is 1.06. The lowest BCUT2D eigenvalue weighted by molar-refractivity contribution is -0.159. The van der Waals surface area contributed by atoms with Crippen molar-refractivity contribution in [2.24, 2.45) is 0 Å². The van der Waals surface area contributed by atoms with Crippen molar-refractivity contribution >= 4 is 29.6 Å². The minimum atomic E-state index is -2.07. The number of rotatable bonds is 9. The highest BCUT2D eigenvalue weighted by molar-refractivity contribution is 7.99. The Bertz CT molecular complexity index is 2480. The number of aliphatic hydroxyl groups is 1. The number of likely N-dealkylation sites (N-methyl/N-ethyl adjacent to an activating group) is 1. The summed E-state index contributed by atoms with van der Waals surface area (Å²) in [4.78, 5) is 46.6. The summed E-state index contributed by atoms with van der Waals surface area (Å²) in [5.74, 6) is 0.839. The molecule has 3 fully saturated rings. The van der Waals surface area contributed by atoms with Crippen LogP contribution in [0.1, 0.15) is 79.5 Å². The number of fused-ring (bicyclic) bond motifs is 11. The Labute approximate surface area is 372 Å². The molecule has 0 saturated carbocycles. The molecule has 2 bridgehead atoms. The lowest BCUT2D eigenvalue weighted by atomic mass is 9.64. The van der Waals surface area contributed by atoms with E-state index in [9.17, 15) is 24.8 Å². The van der Waals surface area contributed by atoms with Gasteiger partial charge in [-0.1, -0.05) is 54.6 Å². The van der Waals surface area contributed by atoms with E-state index in [1.165, 1.54) is 34.0 Å². The van der Waals surface area contributed by atoms with Gasteiger partial charge in [0.05, 0.1) is 25.3 Å². The van der Waals surface area contributed by atoms with Crippen LogP contribution in [0.5, 0.6) is 5.75 Å². The van der Waals surface area contributed by atoms with Crippen molar-refractivity contribution in [1.82, 2.24) is 15.1 Å². The number of Topliss-reactive ketones (excluding diaryl/α,β-unsaturated/α-hetero) is 1. The number of nitriles is 1. The van der Waals surface area contributed by atoms with Crippen molar-refractivity contribution < 1.29 is 43.2 Å². The van der Waals surface area contributed by atoms with Crippen molar-refractivity contribution in [2.75, 3.05) is 39.1 Å². The number of thioether (sulfide) groups is 1. The van der Waals surface area contributed by atoms with E-state index in [1.54, 1.807) is 34.8 Å². The van der Waals surface area contributed by atoms with Crippen molar-refractivity contribution in [1.29, 1.82) is 5.26 Å². The number of aryl methyl sites for hydroxylation is 1. The van der Waals surface area contributed by atoms with E-state index in [0.717, 1.165) is 28.0 Å². The first-order valence-corrected chi connectivity index (χ1v) is 22.7. The normalized spacial score (nSPS) is 26.5. The van der Waals surface area contributed by atoms with Crippen molar-refractivity contribution in [2.45, 2.75) is 108 Å². The van der Waals surface area contributed by atoms with Crippen molar-refractivity contribution in [3.8, 4) is 22.9 Å². The fraction of sp³-hybridized carbons (Fsp3) is 0.469. The van der Waals surface area contributed by atoms with E-state index in [4.69, 9.17) is 23.7 Å². The van der Waals surface area contributed by atoms with Crippen LogP contribution >= 0.6 is 11.8 Å². The second-order valence-electron chi connectivity index (χ2n) is 18.5. The monoisotopic (exact) mass is 874 g/mol. The molecule has 4 aliphatic heterocycles. The number of benzene rings is 3. The Morgan fingerprint density at radius 3 is 2.37 bits per heavy atom. The fourth-order valence-corrected chi connectivity index (χ4v) is 12.4. The zero-order chi connectivity index (χ0) is 44.7. The second-order valence-corrected chi connectivity index (χ2v) is 19.6. The topological polar surface area (TPSA) is 160 Å². The molecular weight excluding hydrogens is 821 g/mol. The second kappa shape index (κ2) is 16.0. The zero-order valence-corrected chi connectivity index (χ0v) is 37.8. The van der Waals surface area contributed by atoms with Gasteiger partial charge in [0.15, 0.2) is 22.9 Å². The predicted molar refractivity (Wildman–Crippen MR) is 236 cm³/mol. The van der Waals surface area contributed by atoms with Crippen LogP contribution in [0.3, 0.4) is 0 Å². The average molecular weight is 875 g/mol. The number of esters is 1. The molecule has 0 radical (unpaired) electrons. The largest absolute Gasteiger partial charge is 0.496 e. The molecule has 7 atom stereocenters. The number of hydrogen-bond acceptors (Lipinski definition) is 13. The average Bonchev–Trinajstić information content (AvgIpc) is 3.85. The van der Waals surface area contributed by atoms with Crippen LogP contribution < -0.4 is 10.1 Å². The van der Waals surface area contributed by atoms with Crippen LogP contribution in [0.2, 0.25) is 0 Å². The number of ether oxygens (including phenoxy) is 5. The third-order valence-corrected chi connectivity index (χ3v) is 14.9. The standard InChI is InChI=1S/C49H54N4O9S/c1-25-17-28-18-35-37(20-50)53-36(41(52(35)7)39(28)26(2)42(25)58-8)19-49(57)40(44-43(60-24-61-44)27(3)45(49)54)38(53)21-59-46(55)34(51-47(56)62-48(4,5)6)23-63-22-33-31-15-11-9-13-29(31)30-14-10-12-16-32(30)33/h9-17,33-38,41,57H,18-19,21-24H2,1-8H3,(H,51,56)/t34-,35+,36?,37+,38+,41+,49?/m1/s1. The SMILES string of the molecule is COc1c(C)cc2c(c1C)[C@@H]1C3CC4(O)C(=O)C(C)=C5OCOC5=C4[C@H](COC(=O)[C@@H](CSCC4c5ccccc5-c5ccccc54)NC(=O)OC(C)(C)C)N3[C@@H](C#N)[C@H](C2)N1C. The molecule has 2 aliphatic carbocycles. The van der Waals surface area contributed by atoms with E-state index in [2.05, 4.69) is 46.6 Å². The van der Waals surface area contributed by atoms with E-state index < -0.39 is 53.2 Å². The van der Waals surface area contributed by atoms with E-state index in [-0.39, 0.29) is 66.2 Å².